The molecule has 0 unspecified atom stereocenters. The van der Waals surface area contributed by atoms with Crippen LogP contribution in [0.4, 0.5) is 5.69 Å². The number of ether oxygens (including phenoxy) is 2. The van der Waals surface area contributed by atoms with Crippen molar-refractivity contribution in [1.29, 1.82) is 0 Å². The van der Waals surface area contributed by atoms with Crippen LogP contribution >= 0.6 is 24.0 Å². The molecule has 1 aromatic carbocycles. The molecule has 3 N–H and O–H groups in total. The average molecular weight is 391 g/mol. The number of fused-ring (bicyclic) bond motifs is 1. The Bertz CT molecular complexity index is 452. The molecule has 5 nitrogen and oxygen atoms in total. The van der Waals surface area contributed by atoms with E-state index in [4.69, 9.17) is 15.2 Å². The fraction of sp³-hybridized carbons (Fsp3) is 0.500. The van der Waals surface area contributed by atoms with E-state index in [1.54, 1.807) is 0 Å². The minimum Gasteiger partial charge on any atom is -0.490 e. The molecule has 1 heterocycles. The zero-order chi connectivity index (χ0) is 13.5. The van der Waals surface area contributed by atoms with E-state index in [9.17, 15) is 0 Å². The number of hydrogen-bond acceptors (Lipinski definition) is 3. The summed E-state index contributed by atoms with van der Waals surface area (Å²) >= 11 is 0. The number of halogens is 1. The van der Waals surface area contributed by atoms with Crippen molar-refractivity contribution in [3.05, 3.63) is 18.2 Å². The fourth-order valence-electron chi connectivity index (χ4n) is 1.79. The van der Waals surface area contributed by atoms with Crippen molar-refractivity contribution in [3.8, 4) is 11.5 Å². The Morgan fingerprint density at radius 3 is 2.80 bits per heavy atom. The van der Waals surface area contributed by atoms with Gasteiger partial charge in [-0.25, -0.2) is 0 Å². The highest BCUT2D eigenvalue weighted by atomic mass is 127. The molecule has 20 heavy (non-hydrogen) atoms. The van der Waals surface area contributed by atoms with Gasteiger partial charge in [0.1, 0.15) is 0 Å². The zero-order valence-electron chi connectivity index (χ0n) is 11.7. The number of hydrogen-bond donors (Lipinski definition) is 2. The number of aliphatic imine (C=N–C) groups is 1. The second-order valence-corrected chi connectivity index (χ2v) is 4.46. The molecule has 1 aliphatic rings. The SMILES string of the molecule is CCCCN=C(N)Nc1ccc2c(c1)OCCCO2.I. The standard InChI is InChI=1S/C14H21N3O2.HI/c1-2-3-7-16-14(15)17-11-5-6-12-13(10-11)19-9-4-8-18-12;/h5-6,10H,2-4,7-9H2,1H3,(H3,15,16,17);1H. The monoisotopic (exact) mass is 391 g/mol. The van der Waals surface area contributed by atoms with Crippen molar-refractivity contribution in [1.82, 2.24) is 0 Å². The van der Waals surface area contributed by atoms with Crippen molar-refractivity contribution in [2.75, 3.05) is 25.1 Å². The molecule has 6 heteroatoms. The summed E-state index contributed by atoms with van der Waals surface area (Å²) in [5.41, 5.74) is 6.68. The van der Waals surface area contributed by atoms with E-state index in [1.165, 1.54) is 0 Å². The minimum absolute atomic E-state index is 0. The molecule has 0 saturated carbocycles. The Labute approximate surface area is 137 Å². The van der Waals surface area contributed by atoms with Gasteiger partial charge in [0.15, 0.2) is 17.5 Å². The zero-order valence-corrected chi connectivity index (χ0v) is 14.1. The third kappa shape index (κ3) is 5.07. The second kappa shape index (κ2) is 8.89. The van der Waals surface area contributed by atoms with Crippen LogP contribution in [-0.2, 0) is 0 Å². The van der Waals surface area contributed by atoms with Gasteiger partial charge < -0.3 is 20.5 Å². The molecular weight excluding hydrogens is 369 g/mol. The summed E-state index contributed by atoms with van der Waals surface area (Å²) in [4.78, 5) is 4.25. The summed E-state index contributed by atoms with van der Waals surface area (Å²) in [6.45, 7) is 4.25. The Morgan fingerprint density at radius 2 is 2.05 bits per heavy atom. The van der Waals surface area contributed by atoms with Crippen molar-refractivity contribution in [2.24, 2.45) is 10.7 Å². The van der Waals surface area contributed by atoms with E-state index in [1.807, 2.05) is 18.2 Å². The molecule has 0 aromatic heterocycles. The largest absolute Gasteiger partial charge is 0.490 e. The van der Waals surface area contributed by atoms with Gasteiger partial charge >= 0.3 is 0 Å². The summed E-state index contributed by atoms with van der Waals surface area (Å²) in [5, 5.41) is 3.06. The molecule has 1 aromatic rings. The van der Waals surface area contributed by atoms with Crippen molar-refractivity contribution in [2.45, 2.75) is 26.2 Å². The smallest absolute Gasteiger partial charge is 0.193 e. The van der Waals surface area contributed by atoms with Gasteiger partial charge in [0.25, 0.3) is 0 Å². The van der Waals surface area contributed by atoms with Gasteiger partial charge in [-0.15, -0.1) is 24.0 Å². The van der Waals surface area contributed by atoms with Gasteiger partial charge in [-0.2, -0.15) is 0 Å². The topological polar surface area (TPSA) is 68.9 Å². The van der Waals surface area contributed by atoms with E-state index in [0.717, 1.165) is 43.0 Å². The summed E-state index contributed by atoms with van der Waals surface area (Å²) in [6, 6.07) is 5.70. The van der Waals surface area contributed by atoms with Crippen molar-refractivity contribution in [3.63, 3.8) is 0 Å². The molecule has 2 rings (SSSR count). The van der Waals surface area contributed by atoms with Gasteiger partial charge in [-0.1, -0.05) is 13.3 Å². The van der Waals surface area contributed by atoms with Crippen LogP contribution in [0.15, 0.2) is 23.2 Å². The lowest BCUT2D eigenvalue weighted by Crippen LogP contribution is -2.22. The Hall–Kier alpha value is -1.18. The maximum absolute atomic E-state index is 5.82. The van der Waals surface area contributed by atoms with Gasteiger partial charge in [0, 0.05) is 24.7 Å². The first kappa shape index (κ1) is 16.9. The number of benzene rings is 1. The van der Waals surface area contributed by atoms with Gasteiger partial charge in [-0.3, -0.25) is 4.99 Å². The van der Waals surface area contributed by atoms with Crippen molar-refractivity contribution >= 4 is 35.6 Å². The summed E-state index contributed by atoms with van der Waals surface area (Å²) in [7, 11) is 0. The third-order valence-electron chi connectivity index (χ3n) is 2.81. The minimum atomic E-state index is 0. The summed E-state index contributed by atoms with van der Waals surface area (Å²) < 4.78 is 11.2. The summed E-state index contributed by atoms with van der Waals surface area (Å²) in [5.74, 6) is 1.97. The quantitative estimate of drug-likeness (QED) is 0.358. The second-order valence-electron chi connectivity index (χ2n) is 4.46. The van der Waals surface area contributed by atoms with Crippen LogP contribution < -0.4 is 20.5 Å². The predicted molar refractivity (Wildman–Crippen MR) is 92.5 cm³/mol. The molecule has 0 fully saturated rings. The van der Waals surface area contributed by atoms with Crippen molar-refractivity contribution < 1.29 is 9.47 Å². The van der Waals surface area contributed by atoms with Crippen LogP contribution in [0.2, 0.25) is 0 Å². The van der Waals surface area contributed by atoms with Crippen LogP contribution in [0.1, 0.15) is 26.2 Å². The number of guanidine groups is 1. The number of nitrogens with one attached hydrogen (secondary N) is 1. The normalized spacial score (nSPS) is 14.2. The lowest BCUT2D eigenvalue weighted by Gasteiger charge is -2.10. The first-order valence-electron chi connectivity index (χ1n) is 6.76. The number of rotatable bonds is 4. The molecule has 0 spiro atoms. The predicted octanol–water partition coefficient (Wildman–Crippen LogP) is 2.99. The Kier molecular flexibility index (Phi) is 7.50. The highest BCUT2D eigenvalue weighted by Gasteiger charge is 2.10. The van der Waals surface area contributed by atoms with E-state index in [0.29, 0.717) is 19.2 Å². The number of nitrogens with two attached hydrogens (primary N) is 1. The lowest BCUT2D eigenvalue weighted by atomic mass is 10.3. The maximum Gasteiger partial charge on any atom is 0.193 e. The first-order valence-corrected chi connectivity index (χ1v) is 6.76. The molecule has 0 radical (unpaired) electrons. The fourth-order valence-corrected chi connectivity index (χ4v) is 1.79. The van der Waals surface area contributed by atoms with E-state index in [-0.39, 0.29) is 24.0 Å². The van der Waals surface area contributed by atoms with Gasteiger partial charge in [0.2, 0.25) is 0 Å². The van der Waals surface area contributed by atoms with Gasteiger partial charge in [-0.05, 0) is 18.6 Å². The van der Waals surface area contributed by atoms with E-state index in [2.05, 4.69) is 17.2 Å². The average Bonchev–Trinajstić information content (AvgIpc) is 2.63. The molecule has 0 saturated heterocycles. The molecule has 0 bridgehead atoms. The van der Waals surface area contributed by atoms with Crippen LogP contribution in [0, 0.1) is 0 Å². The maximum atomic E-state index is 5.82. The highest BCUT2D eigenvalue weighted by Crippen LogP contribution is 2.32. The first-order chi connectivity index (χ1) is 9.29. The molecule has 0 amide bonds. The summed E-state index contributed by atoms with van der Waals surface area (Å²) in [6.07, 6.45) is 3.06. The van der Waals surface area contributed by atoms with Gasteiger partial charge in [0.05, 0.1) is 13.2 Å². The Morgan fingerprint density at radius 1 is 1.30 bits per heavy atom. The Balaban J connectivity index is 0.00000200. The van der Waals surface area contributed by atoms with Crippen LogP contribution in [-0.4, -0.2) is 25.7 Å². The highest BCUT2D eigenvalue weighted by molar-refractivity contribution is 14.0. The number of unbranched alkanes of at least 4 members (excludes halogenated alkanes) is 1. The molecule has 1 aliphatic heterocycles. The molecule has 0 atom stereocenters. The van der Waals surface area contributed by atoms with E-state index < -0.39 is 0 Å². The molecule has 0 aliphatic carbocycles. The van der Waals surface area contributed by atoms with Crippen LogP contribution in [0.3, 0.4) is 0 Å². The van der Waals surface area contributed by atoms with Crippen LogP contribution in [0.5, 0.6) is 11.5 Å². The van der Waals surface area contributed by atoms with E-state index >= 15 is 0 Å². The number of anilines is 1. The van der Waals surface area contributed by atoms with Crippen LogP contribution in [0.25, 0.3) is 0 Å². The number of nitrogens with zero attached hydrogens (tertiary/aromatic N) is 1. The third-order valence-corrected chi connectivity index (χ3v) is 2.81. The molecule has 112 valence electrons. The molecular formula is C14H22IN3O2. The lowest BCUT2D eigenvalue weighted by molar-refractivity contribution is 0.297.